The summed E-state index contributed by atoms with van der Waals surface area (Å²) >= 11 is 0. The highest BCUT2D eigenvalue weighted by molar-refractivity contribution is 5.73. The van der Waals surface area contributed by atoms with Crippen molar-refractivity contribution < 1.29 is 19.4 Å². The van der Waals surface area contributed by atoms with Crippen molar-refractivity contribution in [3.63, 3.8) is 0 Å². The topological polar surface area (TPSA) is 59.0 Å². The number of hydrogen-bond acceptors (Lipinski definition) is 4. The maximum Gasteiger partial charge on any atom is 0.323 e. The highest BCUT2D eigenvalue weighted by atomic mass is 16.5. The van der Waals surface area contributed by atoms with E-state index in [1.165, 1.54) is 0 Å². The number of hydrogen-bond donors (Lipinski definition) is 1. The van der Waals surface area contributed by atoms with E-state index >= 15 is 0 Å². The second-order valence-electron chi connectivity index (χ2n) is 3.58. The van der Waals surface area contributed by atoms with Crippen LogP contribution >= 0.6 is 0 Å². The van der Waals surface area contributed by atoms with Crippen LogP contribution in [0.3, 0.4) is 0 Å². The molecule has 1 N–H and O–H groups in total. The lowest BCUT2D eigenvalue weighted by Crippen LogP contribution is -2.50. The number of ether oxygens (including phenoxy) is 2. The maximum absolute atomic E-state index is 10.9. The number of carboxylic acid groups (broad SMARTS) is 1. The predicted molar refractivity (Wildman–Crippen MR) is 54.9 cm³/mol. The van der Waals surface area contributed by atoms with Crippen molar-refractivity contribution in [2.24, 2.45) is 0 Å². The Hall–Kier alpha value is -0.650. The molecule has 1 rings (SSSR count). The zero-order valence-electron chi connectivity index (χ0n) is 9.15. The van der Waals surface area contributed by atoms with E-state index in [0.717, 1.165) is 13.0 Å². The SMILES string of the molecule is CCCOCCN1CCOCC1C(=O)O. The second-order valence-corrected chi connectivity index (χ2v) is 3.58. The first-order chi connectivity index (χ1) is 7.25. The lowest BCUT2D eigenvalue weighted by Gasteiger charge is -2.32. The monoisotopic (exact) mass is 217 g/mol. The van der Waals surface area contributed by atoms with E-state index in [1.807, 2.05) is 4.90 Å². The molecule has 15 heavy (non-hydrogen) atoms. The first kappa shape index (κ1) is 12.4. The molecule has 0 aliphatic carbocycles. The molecule has 1 atom stereocenters. The zero-order chi connectivity index (χ0) is 11.1. The molecule has 5 heteroatoms. The molecule has 0 radical (unpaired) electrons. The van der Waals surface area contributed by atoms with Crippen LogP contribution in [0.1, 0.15) is 13.3 Å². The average Bonchev–Trinajstić information content (AvgIpc) is 2.25. The van der Waals surface area contributed by atoms with E-state index in [2.05, 4.69) is 6.92 Å². The summed E-state index contributed by atoms with van der Waals surface area (Å²) in [7, 11) is 0. The van der Waals surface area contributed by atoms with Gasteiger partial charge in [-0.1, -0.05) is 6.92 Å². The smallest absolute Gasteiger partial charge is 0.323 e. The number of morpholine rings is 1. The van der Waals surface area contributed by atoms with Gasteiger partial charge < -0.3 is 14.6 Å². The minimum atomic E-state index is -0.815. The van der Waals surface area contributed by atoms with Gasteiger partial charge in [0.15, 0.2) is 0 Å². The molecule has 0 saturated carbocycles. The lowest BCUT2D eigenvalue weighted by molar-refractivity contribution is -0.150. The van der Waals surface area contributed by atoms with E-state index in [-0.39, 0.29) is 6.61 Å². The number of carboxylic acids is 1. The van der Waals surface area contributed by atoms with Crippen LogP contribution < -0.4 is 0 Å². The molecule has 1 unspecified atom stereocenters. The summed E-state index contributed by atoms with van der Waals surface area (Å²) in [6.07, 6.45) is 0.992. The molecule has 0 bridgehead atoms. The fraction of sp³-hybridized carbons (Fsp3) is 0.900. The molecule has 1 aliphatic rings. The Morgan fingerprint density at radius 3 is 3.07 bits per heavy atom. The van der Waals surface area contributed by atoms with Gasteiger partial charge in [0.05, 0.1) is 19.8 Å². The zero-order valence-corrected chi connectivity index (χ0v) is 9.15. The third kappa shape index (κ3) is 4.15. The molecule has 0 aromatic rings. The minimum absolute atomic E-state index is 0.281. The molecule has 5 nitrogen and oxygen atoms in total. The third-order valence-electron chi connectivity index (χ3n) is 2.40. The molecule has 0 spiro atoms. The fourth-order valence-electron chi connectivity index (χ4n) is 1.56. The Labute approximate surface area is 90.0 Å². The molecule has 1 heterocycles. The molecule has 0 amide bonds. The van der Waals surface area contributed by atoms with E-state index in [1.54, 1.807) is 0 Å². The van der Waals surface area contributed by atoms with Crippen molar-refractivity contribution in [3.05, 3.63) is 0 Å². The maximum atomic E-state index is 10.9. The molecule has 0 aromatic carbocycles. The van der Waals surface area contributed by atoms with Crippen LogP contribution in [0, 0.1) is 0 Å². The number of carbonyl (C=O) groups is 1. The van der Waals surface area contributed by atoms with Crippen molar-refractivity contribution in [2.45, 2.75) is 19.4 Å². The van der Waals surface area contributed by atoms with Crippen molar-refractivity contribution in [1.82, 2.24) is 4.90 Å². The molecule has 1 saturated heterocycles. The largest absolute Gasteiger partial charge is 0.480 e. The first-order valence-corrected chi connectivity index (χ1v) is 5.38. The van der Waals surface area contributed by atoms with Gasteiger partial charge in [0.1, 0.15) is 6.04 Å². The quantitative estimate of drug-likeness (QED) is 0.644. The van der Waals surface area contributed by atoms with Gasteiger partial charge in [0.2, 0.25) is 0 Å². The van der Waals surface area contributed by atoms with Crippen LogP contribution in [0.4, 0.5) is 0 Å². The Morgan fingerprint density at radius 1 is 1.60 bits per heavy atom. The average molecular weight is 217 g/mol. The van der Waals surface area contributed by atoms with Gasteiger partial charge in [0, 0.05) is 19.7 Å². The number of aliphatic carboxylic acids is 1. The molecule has 88 valence electrons. The second kappa shape index (κ2) is 6.76. The Kier molecular flexibility index (Phi) is 5.60. The van der Waals surface area contributed by atoms with E-state index in [4.69, 9.17) is 14.6 Å². The van der Waals surface area contributed by atoms with Gasteiger partial charge in [-0.05, 0) is 6.42 Å². The predicted octanol–water partition coefficient (Wildman–Crippen LogP) is 0.198. The molecule has 1 aliphatic heterocycles. The van der Waals surface area contributed by atoms with Crippen molar-refractivity contribution >= 4 is 5.97 Å². The summed E-state index contributed by atoms with van der Waals surface area (Å²) in [5, 5.41) is 8.95. The summed E-state index contributed by atoms with van der Waals surface area (Å²) in [6.45, 7) is 5.61. The summed E-state index contributed by atoms with van der Waals surface area (Å²) < 4.78 is 10.5. The van der Waals surface area contributed by atoms with Gasteiger partial charge in [-0.15, -0.1) is 0 Å². The Balaban J connectivity index is 2.26. The molecule has 1 fully saturated rings. The summed E-state index contributed by atoms with van der Waals surface area (Å²) in [4.78, 5) is 12.8. The van der Waals surface area contributed by atoms with Crippen LogP contribution in [-0.2, 0) is 14.3 Å². The Morgan fingerprint density at radius 2 is 2.40 bits per heavy atom. The first-order valence-electron chi connectivity index (χ1n) is 5.38. The van der Waals surface area contributed by atoms with Gasteiger partial charge >= 0.3 is 5.97 Å². The standard InChI is InChI=1S/C10H19NO4/c1-2-5-14-6-3-11-4-7-15-8-9(11)10(12)13/h9H,2-8H2,1H3,(H,12,13). The molecular weight excluding hydrogens is 198 g/mol. The van der Waals surface area contributed by atoms with Crippen LogP contribution in [0.25, 0.3) is 0 Å². The number of rotatable bonds is 6. The molecular formula is C10H19NO4. The molecule has 0 aromatic heterocycles. The van der Waals surface area contributed by atoms with Crippen LogP contribution in [0.2, 0.25) is 0 Å². The fourth-order valence-corrected chi connectivity index (χ4v) is 1.56. The van der Waals surface area contributed by atoms with Crippen molar-refractivity contribution in [3.8, 4) is 0 Å². The summed E-state index contributed by atoms with van der Waals surface area (Å²) in [5.41, 5.74) is 0. The summed E-state index contributed by atoms with van der Waals surface area (Å²) in [6, 6.07) is -0.510. The highest BCUT2D eigenvalue weighted by Crippen LogP contribution is 2.06. The van der Waals surface area contributed by atoms with Crippen LogP contribution in [0.15, 0.2) is 0 Å². The Bertz CT molecular complexity index is 198. The normalized spacial score (nSPS) is 22.9. The summed E-state index contributed by atoms with van der Waals surface area (Å²) in [5.74, 6) is -0.815. The third-order valence-corrected chi connectivity index (χ3v) is 2.40. The van der Waals surface area contributed by atoms with Crippen molar-refractivity contribution in [1.29, 1.82) is 0 Å². The van der Waals surface area contributed by atoms with Crippen molar-refractivity contribution in [2.75, 3.05) is 39.5 Å². The minimum Gasteiger partial charge on any atom is -0.480 e. The van der Waals surface area contributed by atoms with E-state index in [0.29, 0.717) is 26.3 Å². The number of nitrogens with zero attached hydrogens (tertiary/aromatic N) is 1. The highest BCUT2D eigenvalue weighted by Gasteiger charge is 2.28. The van der Waals surface area contributed by atoms with E-state index < -0.39 is 12.0 Å². The van der Waals surface area contributed by atoms with Crippen LogP contribution in [-0.4, -0.2) is 61.5 Å². The van der Waals surface area contributed by atoms with E-state index in [9.17, 15) is 4.79 Å². The van der Waals surface area contributed by atoms with Gasteiger partial charge in [-0.25, -0.2) is 0 Å². The van der Waals surface area contributed by atoms with Crippen LogP contribution in [0.5, 0.6) is 0 Å². The van der Waals surface area contributed by atoms with Gasteiger partial charge in [-0.3, -0.25) is 9.69 Å². The van der Waals surface area contributed by atoms with Gasteiger partial charge in [0.25, 0.3) is 0 Å². The van der Waals surface area contributed by atoms with Gasteiger partial charge in [-0.2, -0.15) is 0 Å². The lowest BCUT2D eigenvalue weighted by atomic mass is 10.2.